The summed E-state index contributed by atoms with van der Waals surface area (Å²) in [6, 6.07) is 7.85. The number of halogens is 2. The fraction of sp³-hybridized carbons (Fsp3) is 0.353. The van der Waals surface area contributed by atoms with Crippen LogP contribution in [0, 0.1) is 0 Å². The Labute approximate surface area is 157 Å². The van der Waals surface area contributed by atoms with Gasteiger partial charge in [-0.3, -0.25) is 4.98 Å². The summed E-state index contributed by atoms with van der Waals surface area (Å²) in [6.07, 6.45) is 3.69. The lowest BCUT2D eigenvalue weighted by Gasteiger charge is -2.26. The van der Waals surface area contributed by atoms with E-state index in [-0.39, 0.29) is 17.0 Å². The molecular formula is C17H18Cl2N2O3S. The molecule has 134 valence electrons. The summed E-state index contributed by atoms with van der Waals surface area (Å²) >= 11 is 12.0. The van der Waals surface area contributed by atoms with Gasteiger partial charge in [0.05, 0.1) is 26.7 Å². The van der Waals surface area contributed by atoms with Crippen LogP contribution in [0.3, 0.4) is 0 Å². The number of aliphatic hydroxyl groups excluding tert-OH is 1. The number of nitrogens with one attached hydrogen (secondary N) is 1. The van der Waals surface area contributed by atoms with Crippen molar-refractivity contribution in [1.29, 1.82) is 0 Å². The first-order valence-electron chi connectivity index (χ1n) is 7.97. The Morgan fingerprint density at radius 2 is 1.72 bits per heavy atom. The van der Waals surface area contributed by atoms with E-state index in [4.69, 9.17) is 23.2 Å². The van der Waals surface area contributed by atoms with Crippen LogP contribution in [-0.4, -0.2) is 30.7 Å². The first-order valence-corrected chi connectivity index (χ1v) is 10.2. The third kappa shape index (κ3) is 4.51. The lowest BCUT2D eigenvalue weighted by atomic mass is 9.94. The highest BCUT2D eigenvalue weighted by atomic mass is 35.5. The zero-order chi connectivity index (χ0) is 18.0. The van der Waals surface area contributed by atoms with E-state index in [9.17, 15) is 13.5 Å². The zero-order valence-electron chi connectivity index (χ0n) is 13.3. The first-order chi connectivity index (χ1) is 11.8. The van der Waals surface area contributed by atoms with Crippen molar-refractivity contribution < 1.29 is 13.5 Å². The SMILES string of the molecule is O=S(=O)(N[C@H]1CC[C@@H](O)CC1)c1ccc(-c2ncc(Cl)cc2Cl)cc1. The van der Waals surface area contributed by atoms with E-state index in [2.05, 4.69) is 9.71 Å². The van der Waals surface area contributed by atoms with Gasteiger partial charge >= 0.3 is 0 Å². The van der Waals surface area contributed by atoms with Gasteiger partial charge in [-0.2, -0.15) is 0 Å². The molecule has 0 unspecified atom stereocenters. The summed E-state index contributed by atoms with van der Waals surface area (Å²) < 4.78 is 27.7. The topological polar surface area (TPSA) is 79.3 Å². The summed E-state index contributed by atoms with van der Waals surface area (Å²) in [6.45, 7) is 0. The molecule has 0 saturated heterocycles. The Balaban J connectivity index is 1.77. The van der Waals surface area contributed by atoms with Crippen LogP contribution >= 0.6 is 23.2 Å². The van der Waals surface area contributed by atoms with Gasteiger partial charge in [-0.1, -0.05) is 35.3 Å². The van der Waals surface area contributed by atoms with Crippen LogP contribution in [0.1, 0.15) is 25.7 Å². The first kappa shape index (κ1) is 18.6. The van der Waals surface area contributed by atoms with Gasteiger partial charge in [0.15, 0.2) is 0 Å². The molecule has 0 amide bonds. The molecule has 0 bridgehead atoms. The van der Waals surface area contributed by atoms with Gasteiger partial charge in [0.25, 0.3) is 0 Å². The molecule has 1 aromatic carbocycles. The molecule has 2 aromatic rings. The van der Waals surface area contributed by atoms with Crippen LogP contribution in [0.4, 0.5) is 0 Å². The molecule has 0 aliphatic heterocycles. The maximum atomic E-state index is 12.5. The maximum Gasteiger partial charge on any atom is 0.240 e. The number of pyridine rings is 1. The fourth-order valence-electron chi connectivity index (χ4n) is 2.90. The molecule has 1 saturated carbocycles. The van der Waals surface area contributed by atoms with Crippen LogP contribution in [0.5, 0.6) is 0 Å². The van der Waals surface area contributed by atoms with E-state index in [0.717, 1.165) is 0 Å². The molecule has 1 aromatic heterocycles. The number of aliphatic hydroxyl groups is 1. The number of aromatic nitrogens is 1. The van der Waals surface area contributed by atoms with Crippen molar-refractivity contribution in [2.45, 2.75) is 42.7 Å². The van der Waals surface area contributed by atoms with Crippen molar-refractivity contribution in [2.24, 2.45) is 0 Å². The van der Waals surface area contributed by atoms with E-state index in [1.807, 2.05) is 0 Å². The van der Waals surface area contributed by atoms with Crippen molar-refractivity contribution in [1.82, 2.24) is 9.71 Å². The van der Waals surface area contributed by atoms with Gasteiger partial charge in [0, 0.05) is 17.8 Å². The Kier molecular flexibility index (Phi) is 5.65. The Hall–Kier alpha value is -1.18. The normalized spacial score (nSPS) is 21.2. The Bertz CT molecular complexity index is 849. The second-order valence-corrected chi connectivity index (χ2v) is 8.69. The molecule has 1 aliphatic rings. The van der Waals surface area contributed by atoms with Gasteiger partial charge in [-0.05, 0) is 43.9 Å². The quantitative estimate of drug-likeness (QED) is 0.820. The monoisotopic (exact) mass is 400 g/mol. The van der Waals surface area contributed by atoms with Crippen LogP contribution in [-0.2, 0) is 10.0 Å². The van der Waals surface area contributed by atoms with Gasteiger partial charge < -0.3 is 5.11 Å². The molecule has 1 heterocycles. The highest BCUT2D eigenvalue weighted by molar-refractivity contribution is 7.89. The molecule has 25 heavy (non-hydrogen) atoms. The predicted octanol–water partition coefficient (Wildman–Crippen LogP) is 3.64. The molecule has 0 atom stereocenters. The third-order valence-corrected chi connectivity index (χ3v) is 6.30. The third-order valence-electron chi connectivity index (χ3n) is 4.26. The standard InChI is InChI=1S/C17H18Cl2N2O3S/c18-12-9-16(19)17(20-10-12)11-1-7-15(8-2-11)25(23,24)21-13-3-5-14(22)6-4-13/h1-2,7-10,13-14,21-22H,3-6H2/t13-,14+. The molecule has 1 fully saturated rings. The molecule has 0 radical (unpaired) electrons. The minimum absolute atomic E-state index is 0.138. The Morgan fingerprint density at radius 3 is 2.32 bits per heavy atom. The minimum Gasteiger partial charge on any atom is -0.393 e. The van der Waals surface area contributed by atoms with Crippen LogP contribution in [0.15, 0.2) is 41.4 Å². The van der Waals surface area contributed by atoms with Crippen LogP contribution in [0.2, 0.25) is 10.0 Å². The second-order valence-electron chi connectivity index (χ2n) is 6.14. The summed E-state index contributed by atoms with van der Waals surface area (Å²) in [4.78, 5) is 4.38. The van der Waals surface area contributed by atoms with Crippen LogP contribution < -0.4 is 4.72 Å². The molecule has 0 spiro atoms. The number of sulfonamides is 1. The summed E-state index contributed by atoms with van der Waals surface area (Å²) in [5, 5.41) is 10.4. The van der Waals surface area contributed by atoms with Crippen molar-refractivity contribution >= 4 is 33.2 Å². The lowest BCUT2D eigenvalue weighted by Crippen LogP contribution is -2.38. The molecule has 1 aliphatic carbocycles. The van der Waals surface area contributed by atoms with Gasteiger partial charge in [-0.15, -0.1) is 0 Å². The average Bonchev–Trinajstić information content (AvgIpc) is 2.57. The summed E-state index contributed by atoms with van der Waals surface area (Å²) in [7, 11) is -3.60. The molecular weight excluding hydrogens is 383 g/mol. The van der Waals surface area contributed by atoms with Crippen molar-refractivity contribution in [3.63, 3.8) is 0 Å². The van der Waals surface area contributed by atoms with Gasteiger partial charge in [0.2, 0.25) is 10.0 Å². The van der Waals surface area contributed by atoms with Gasteiger partial charge in [-0.25, -0.2) is 13.1 Å². The maximum absolute atomic E-state index is 12.5. The number of hydrogen-bond donors (Lipinski definition) is 2. The predicted molar refractivity (Wildman–Crippen MR) is 98.3 cm³/mol. The molecule has 3 rings (SSSR count). The fourth-order valence-corrected chi connectivity index (χ4v) is 4.69. The second kappa shape index (κ2) is 7.60. The van der Waals surface area contributed by atoms with E-state index >= 15 is 0 Å². The largest absolute Gasteiger partial charge is 0.393 e. The van der Waals surface area contributed by atoms with Crippen molar-refractivity contribution in [3.05, 3.63) is 46.6 Å². The average molecular weight is 401 g/mol. The van der Waals surface area contributed by atoms with E-state index in [1.54, 1.807) is 18.2 Å². The molecule has 5 nitrogen and oxygen atoms in total. The van der Waals surface area contributed by atoms with Crippen molar-refractivity contribution in [3.8, 4) is 11.3 Å². The number of benzene rings is 1. The van der Waals surface area contributed by atoms with E-state index in [0.29, 0.717) is 47.0 Å². The highest BCUT2D eigenvalue weighted by Crippen LogP contribution is 2.29. The number of nitrogens with zero attached hydrogens (tertiary/aromatic N) is 1. The summed E-state index contributed by atoms with van der Waals surface area (Å²) in [5.74, 6) is 0. The summed E-state index contributed by atoms with van der Waals surface area (Å²) in [5.41, 5.74) is 1.26. The zero-order valence-corrected chi connectivity index (χ0v) is 15.7. The van der Waals surface area contributed by atoms with Crippen molar-refractivity contribution in [2.75, 3.05) is 0 Å². The van der Waals surface area contributed by atoms with Crippen LogP contribution in [0.25, 0.3) is 11.3 Å². The van der Waals surface area contributed by atoms with E-state index < -0.39 is 10.0 Å². The Morgan fingerprint density at radius 1 is 1.08 bits per heavy atom. The lowest BCUT2D eigenvalue weighted by molar-refractivity contribution is 0.120. The highest BCUT2D eigenvalue weighted by Gasteiger charge is 2.24. The number of rotatable bonds is 4. The van der Waals surface area contributed by atoms with E-state index in [1.165, 1.54) is 18.3 Å². The minimum atomic E-state index is -3.60. The smallest absolute Gasteiger partial charge is 0.240 e. The molecule has 8 heteroatoms. The number of hydrogen-bond acceptors (Lipinski definition) is 4. The molecule has 2 N–H and O–H groups in total. The van der Waals surface area contributed by atoms with Gasteiger partial charge in [0.1, 0.15) is 0 Å².